The summed E-state index contributed by atoms with van der Waals surface area (Å²) in [5.74, 6) is 0.0822. The zero-order chi connectivity index (χ0) is 18.6. The minimum atomic E-state index is 0.0822. The minimum Gasteiger partial charge on any atom is -0.353 e. The molecule has 1 aliphatic heterocycles. The predicted octanol–water partition coefficient (Wildman–Crippen LogP) is 4.36. The fourth-order valence-corrected chi connectivity index (χ4v) is 4.79. The third-order valence-corrected chi connectivity index (χ3v) is 6.44. The number of piperidine rings is 1. The maximum absolute atomic E-state index is 12.7. The summed E-state index contributed by atoms with van der Waals surface area (Å²) in [7, 11) is 0. The number of nitrogens with one attached hydrogen (secondary N) is 1. The number of benzene rings is 1. The highest BCUT2D eigenvalue weighted by molar-refractivity contribution is 7.13. The van der Waals surface area contributed by atoms with E-state index in [-0.39, 0.29) is 5.91 Å². The zero-order valence-corrected chi connectivity index (χ0v) is 16.7. The van der Waals surface area contributed by atoms with Gasteiger partial charge in [0, 0.05) is 30.0 Å². The number of nitrogens with zero attached hydrogens (tertiary/aromatic N) is 2. The first-order chi connectivity index (χ1) is 13.2. The highest BCUT2D eigenvalue weighted by Gasteiger charge is 2.18. The molecule has 0 radical (unpaired) electrons. The summed E-state index contributed by atoms with van der Waals surface area (Å²) < 4.78 is 2.14. The molecule has 1 aromatic carbocycles. The van der Waals surface area contributed by atoms with Gasteiger partial charge in [0.25, 0.3) is 0 Å². The highest BCUT2D eigenvalue weighted by atomic mass is 32.1. The number of aromatic nitrogens is 1. The van der Waals surface area contributed by atoms with Gasteiger partial charge in [-0.1, -0.05) is 30.7 Å². The summed E-state index contributed by atoms with van der Waals surface area (Å²) in [4.78, 5) is 16.3. The first-order valence-electron chi connectivity index (χ1n) is 9.85. The Bertz CT molecular complexity index is 900. The molecule has 0 spiro atoms. The van der Waals surface area contributed by atoms with E-state index in [0.717, 1.165) is 30.8 Å². The molecule has 1 atom stereocenters. The fraction of sp³-hybridized carbons (Fsp3) is 0.409. The van der Waals surface area contributed by atoms with Crippen molar-refractivity contribution in [3.05, 3.63) is 47.8 Å². The summed E-state index contributed by atoms with van der Waals surface area (Å²) in [5, 5.41) is 6.39. The van der Waals surface area contributed by atoms with Crippen LogP contribution in [0.2, 0.25) is 0 Å². The number of hydrogen-bond donors (Lipinski definition) is 1. The van der Waals surface area contributed by atoms with Gasteiger partial charge in [-0.05, 0) is 49.9 Å². The number of hydrogen-bond acceptors (Lipinski definition) is 3. The Balaban J connectivity index is 1.44. The van der Waals surface area contributed by atoms with E-state index < -0.39 is 0 Å². The molecule has 2 aromatic heterocycles. The van der Waals surface area contributed by atoms with E-state index in [1.54, 1.807) is 11.3 Å². The molecule has 1 aliphatic rings. The van der Waals surface area contributed by atoms with Gasteiger partial charge in [0.15, 0.2) is 0 Å². The summed E-state index contributed by atoms with van der Waals surface area (Å²) in [6.07, 6.45) is 3.88. The average Bonchev–Trinajstić information content (AvgIpc) is 3.32. The van der Waals surface area contributed by atoms with Crippen molar-refractivity contribution in [2.24, 2.45) is 0 Å². The van der Waals surface area contributed by atoms with E-state index >= 15 is 0 Å². The number of amides is 1. The fourth-order valence-electron chi connectivity index (χ4n) is 4.04. The van der Waals surface area contributed by atoms with Crippen LogP contribution in [0.4, 0.5) is 0 Å². The lowest BCUT2D eigenvalue weighted by Gasteiger charge is -2.33. The lowest BCUT2D eigenvalue weighted by atomic mass is 10.0. The van der Waals surface area contributed by atoms with Crippen molar-refractivity contribution in [3.63, 3.8) is 0 Å². The molecule has 27 heavy (non-hydrogen) atoms. The molecule has 4 nitrogen and oxygen atoms in total. The van der Waals surface area contributed by atoms with Crippen molar-refractivity contribution in [1.82, 2.24) is 14.8 Å². The Hall–Kier alpha value is -2.11. The second kappa shape index (κ2) is 8.28. The molecular weight excluding hydrogens is 354 g/mol. The molecule has 1 N–H and O–H groups in total. The van der Waals surface area contributed by atoms with Crippen LogP contribution in [0.25, 0.3) is 21.5 Å². The SMILES string of the molecule is C[C@H]1CCCCN1CCNC(=O)Cn1c(-c2cccs2)cc2ccccc21. The van der Waals surface area contributed by atoms with Crippen LogP contribution in [-0.2, 0) is 11.3 Å². The highest BCUT2D eigenvalue weighted by Crippen LogP contribution is 2.31. The Morgan fingerprint density at radius 3 is 2.93 bits per heavy atom. The average molecular weight is 382 g/mol. The molecule has 0 saturated carbocycles. The van der Waals surface area contributed by atoms with Crippen LogP contribution in [0.3, 0.4) is 0 Å². The molecule has 3 aromatic rings. The first kappa shape index (κ1) is 18.3. The summed E-state index contributed by atoms with van der Waals surface area (Å²) in [6.45, 7) is 5.46. The van der Waals surface area contributed by atoms with Gasteiger partial charge in [0.2, 0.25) is 5.91 Å². The molecule has 142 valence electrons. The van der Waals surface area contributed by atoms with E-state index in [9.17, 15) is 4.79 Å². The first-order valence-corrected chi connectivity index (χ1v) is 10.7. The number of carbonyl (C=O) groups excluding carboxylic acids is 1. The number of likely N-dealkylation sites (tertiary alicyclic amines) is 1. The predicted molar refractivity (Wildman–Crippen MR) is 113 cm³/mol. The molecule has 3 heterocycles. The monoisotopic (exact) mass is 381 g/mol. The molecule has 5 heteroatoms. The quantitative estimate of drug-likeness (QED) is 0.689. The molecule has 1 saturated heterocycles. The van der Waals surface area contributed by atoms with Gasteiger partial charge in [0.05, 0.1) is 10.6 Å². The Labute approximate surface area is 164 Å². The van der Waals surface area contributed by atoms with Crippen LogP contribution < -0.4 is 5.32 Å². The Kier molecular flexibility index (Phi) is 5.60. The smallest absolute Gasteiger partial charge is 0.240 e. The van der Waals surface area contributed by atoms with E-state index in [4.69, 9.17) is 0 Å². The van der Waals surface area contributed by atoms with Crippen LogP contribution in [0.15, 0.2) is 47.8 Å². The van der Waals surface area contributed by atoms with Crippen molar-refractivity contribution >= 4 is 28.1 Å². The second-order valence-electron chi connectivity index (χ2n) is 7.38. The van der Waals surface area contributed by atoms with E-state index in [2.05, 4.69) is 57.4 Å². The number of thiophene rings is 1. The number of rotatable bonds is 6. The number of carbonyl (C=O) groups is 1. The van der Waals surface area contributed by atoms with E-state index in [0.29, 0.717) is 12.6 Å². The van der Waals surface area contributed by atoms with Gasteiger partial charge in [-0.15, -0.1) is 11.3 Å². The topological polar surface area (TPSA) is 37.3 Å². The Morgan fingerprint density at radius 1 is 1.22 bits per heavy atom. The molecule has 1 amide bonds. The third kappa shape index (κ3) is 4.09. The summed E-state index contributed by atoms with van der Waals surface area (Å²) in [5.41, 5.74) is 2.23. The third-order valence-electron chi connectivity index (χ3n) is 5.55. The van der Waals surface area contributed by atoms with Crippen molar-refractivity contribution < 1.29 is 4.79 Å². The number of para-hydroxylation sites is 1. The lowest BCUT2D eigenvalue weighted by Crippen LogP contribution is -2.42. The van der Waals surface area contributed by atoms with Crippen LogP contribution in [0, 0.1) is 0 Å². The van der Waals surface area contributed by atoms with Crippen LogP contribution in [0.1, 0.15) is 26.2 Å². The Morgan fingerprint density at radius 2 is 2.11 bits per heavy atom. The molecule has 4 rings (SSSR count). The van der Waals surface area contributed by atoms with Gasteiger partial charge in [-0.25, -0.2) is 0 Å². The van der Waals surface area contributed by atoms with Gasteiger partial charge < -0.3 is 9.88 Å². The second-order valence-corrected chi connectivity index (χ2v) is 8.33. The normalized spacial score (nSPS) is 18.0. The van der Waals surface area contributed by atoms with Crippen LogP contribution in [-0.4, -0.2) is 41.1 Å². The van der Waals surface area contributed by atoms with Crippen molar-refractivity contribution in [2.45, 2.75) is 38.8 Å². The van der Waals surface area contributed by atoms with E-state index in [1.165, 1.54) is 29.5 Å². The minimum absolute atomic E-state index is 0.0822. The van der Waals surface area contributed by atoms with Crippen LogP contribution >= 0.6 is 11.3 Å². The van der Waals surface area contributed by atoms with Gasteiger partial charge in [-0.3, -0.25) is 9.69 Å². The molecule has 0 bridgehead atoms. The maximum Gasteiger partial charge on any atom is 0.240 e. The van der Waals surface area contributed by atoms with Gasteiger partial charge in [0.1, 0.15) is 6.54 Å². The zero-order valence-electron chi connectivity index (χ0n) is 15.9. The van der Waals surface area contributed by atoms with Gasteiger partial charge >= 0.3 is 0 Å². The maximum atomic E-state index is 12.7. The molecule has 0 unspecified atom stereocenters. The standard InChI is InChI=1S/C22H27N3OS/c1-17-7-4-5-12-24(17)13-11-23-22(26)16-25-19-9-3-2-8-18(19)15-20(25)21-10-6-14-27-21/h2-3,6,8-10,14-15,17H,4-5,7,11-13,16H2,1H3,(H,23,26)/t17-/m0/s1. The van der Waals surface area contributed by atoms with Crippen molar-refractivity contribution in [3.8, 4) is 10.6 Å². The largest absolute Gasteiger partial charge is 0.353 e. The van der Waals surface area contributed by atoms with Crippen molar-refractivity contribution in [1.29, 1.82) is 0 Å². The molecule has 1 fully saturated rings. The number of fused-ring (bicyclic) bond motifs is 1. The van der Waals surface area contributed by atoms with Crippen molar-refractivity contribution in [2.75, 3.05) is 19.6 Å². The van der Waals surface area contributed by atoms with E-state index in [1.807, 2.05) is 12.1 Å². The summed E-state index contributed by atoms with van der Waals surface area (Å²) in [6, 6.07) is 15.3. The van der Waals surface area contributed by atoms with Gasteiger partial charge in [-0.2, -0.15) is 0 Å². The molecule has 0 aliphatic carbocycles. The molecular formula is C22H27N3OS. The lowest BCUT2D eigenvalue weighted by molar-refractivity contribution is -0.121. The summed E-state index contributed by atoms with van der Waals surface area (Å²) >= 11 is 1.71. The van der Waals surface area contributed by atoms with Crippen LogP contribution in [0.5, 0.6) is 0 Å².